The summed E-state index contributed by atoms with van der Waals surface area (Å²) in [6.45, 7) is 10.6. The summed E-state index contributed by atoms with van der Waals surface area (Å²) in [4.78, 5) is 2.56. The number of unbranched alkanes of at least 4 members (excludes halogenated alkanes) is 4. The van der Waals surface area contributed by atoms with Gasteiger partial charge in [-0.05, 0) is 19.8 Å². The predicted octanol–water partition coefficient (Wildman–Crippen LogP) is 2.68. The highest BCUT2D eigenvalue weighted by Gasteiger charge is 2.37. The van der Waals surface area contributed by atoms with Crippen LogP contribution in [0, 0.1) is 0 Å². The summed E-state index contributed by atoms with van der Waals surface area (Å²) in [6.07, 6.45) is 8.91. The van der Waals surface area contributed by atoms with Crippen LogP contribution in [-0.4, -0.2) is 42.8 Å². The van der Waals surface area contributed by atoms with Crippen molar-refractivity contribution in [1.29, 1.82) is 0 Å². The molecule has 4 heteroatoms. The number of nitrogens with one attached hydrogen (secondary N) is 1. The zero-order valence-electron chi connectivity index (χ0n) is 13.8. The van der Waals surface area contributed by atoms with Crippen molar-refractivity contribution < 1.29 is 4.74 Å². The van der Waals surface area contributed by atoms with Gasteiger partial charge in [0.2, 0.25) is 0 Å². The Balaban J connectivity index is 2.49. The van der Waals surface area contributed by atoms with E-state index in [1.165, 1.54) is 38.5 Å². The molecular formula is C16H35N3O. The Kier molecular flexibility index (Phi) is 8.69. The van der Waals surface area contributed by atoms with Crippen molar-refractivity contribution in [3.05, 3.63) is 0 Å². The second kappa shape index (κ2) is 9.72. The first kappa shape index (κ1) is 17.9. The van der Waals surface area contributed by atoms with Gasteiger partial charge in [-0.1, -0.05) is 46.0 Å². The van der Waals surface area contributed by atoms with Gasteiger partial charge in [0.15, 0.2) is 0 Å². The van der Waals surface area contributed by atoms with Crippen LogP contribution in [0.2, 0.25) is 0 Å². The van der Waals surface area contributed by atoms with Gasteiger partial charge in [-0.15, -0.1) is 0 Å². The minimum absolute atomic E-state index is 0.142. The van der Waals surface area contributed by atoms with E-state index in [4.69, 9.17) is 10.6 Å². The van der Waals surface area contributed by atoms with Crippen LogP contribution in [0.5, 0.6) is 0 Å². The maximum absolute atomic E-state index is 5.87. The monoisotopic (exact) mass is 285 g/mol. The molecule has 0 amide bonds. The largest absolute Gasteiger partial charge is 0.379 e. The molecule has 4 nitrogen and oxygen atoms in total. The molecule has 0 saturated carbocycles. The quantitative estimate of drug-likeness (QED) is 0.368. The molecule has 2 unspecified atom stereocenters. The zero-order valence-corrected chi connectivity index (χ0v) is 13.8. The number of ether oxygens (including phenoxy) is 1. The van der Waals surface area contributed by atoms with Crippen LogP contribution >= 0.6 is 0 Å². The topological polar surface area (TPSA) is 50.5 Å². The summed E-state index contributed by atoms with van der Waals surface area (Å²) < 4.78 is 5.48. The highest BCUT2D eigenvalue weighted by Crippen LogP contribution is 2.27. The molecule has 1 saturated heterocycles. The van der Waals surface area contributed by atoms with Crippen LogP contribution in [0.1, 0.15) is 65.7 Å². The van der Waals surface area contributed by atoms with E-state index in [1.54, 1.807) is 0 Å². The Labute approximate surface area is 125 Å². The predicted molar refractivity (Wildman–Crippen MR) is 85.6 cm³/mol. The minimum atomic E-state index is 0.142. The van der Waals surface area contributed by atoms with E-state index >= 15 is 0 Å². The Morgan fingerprint density at radius 2 is 1.80 bits per heavy atom. The van der Waals surface area contributed by atoms with Crippen molar-refractivity contribution >= 4 is 0 Å². The van der Waals surface area contributed by atoms with E-state index in [0.717, 1.165) is 32.7 Å². The number of rotatable bonds is 10. The molecule has 1 rings (SSSR count). The highest BCUT2D eigenvalue weighted by molar-refractivity contribution is 4.96. The third-order valence-electron chi connectivity index (χ3n) is 5.00. The SMILES string of the molecule is CCCCCCCC(NN)C(C)(CC)N1CCOCC1. The summed E-state index contributed by atoms with van der Waals surface area (Å²) in [5.41, 5.74) is 3.24. The lowest BCUT2D eigenvalue weighted by molar-refractivity contribution is -0.0337. The fourth-order valence-corrected chi connectivity index (χ4v) is 3.29. The van der Waals surface area contributed by atoms with Crippen LogP contribution in [0.15, 0.2) is 0 Å². The Hall–Kier alpha value is -0.160. The molecular weight excluding hydrogens is 250 g/mol. The van der Waals surface area contributed by atoms with Gasteiger partial charge in [-0.25, -0.2) is 0 Å². The van der Waals surface area contributed by atoms with Crippen LogP contribution in [0.25, 0.3) is 0 Å². The number of nitrogens with two attached hydrogens (primary N) is 1. The van der Waals surface area contributed by atoms with Gasteiger partial charge in [0.25, 0.3) is 0 Å². The lowest BCUT2D eigenvalue weighted by Gasteiger charge is -2.47. The molecule has 0 spiro atoms. The minimum Gasteiger partial charge on any atom is -0.379 e. The number of nitrogens with zero attached hydrogens (tertiary/aromatic N) is 1. The van der Waals surface area contributed by atoms with E-state index < -0.39 is 0 Å². The molecule has 1 aliphatic rings. The summed E-state index contributed by atoms with van der Waals surface area (Å²) in [5.74, 6) is 5.87. The average Bonchev–Trinajstić information content (AvgIpc) is 2.51. The summed E-state index contributed by atoms with van der Waals surface area (Å²) in [7, 11) is 0. The molecule has 20 heavy (non-hydrogen) atoms. The van der Waals surface area contributed by atoms with E-state index in [1.807, 2.05) is 0 Å². The average molecular weight is 285 g/mol. The lowest BCUT2D eigenvalue weighted by Crippen LogP contribution is -2.63. The second-order valence-electron chi connectivity index (χ2n) is 6.23. The maximum atomic E-state index is 5.87. The van der Waals surface area contributed by atoms with Crippen molar-refractivity contribution in [2.75, 3.05) is 26.3 Å². The third-order valence-corrected chi connectivity index (χ3v) is 5.00. The molecule has 0 aromatic carbocycles. The van der Waals surface area contributed by atoms with Gasteiger partial charge in [0.1, 0.15) is 0 Å². The van der Waals surface area contributed by atoms with Crippen molar-refractivity contribution in [3.63, 3.8) is 0 Å². The van der Waals surface area contributed by atoms with Gasteiger partial charge >= 0.3 is 0 Å². The molecule has 2 atom stereocenters. The Morgan fingerprint density at radius 3 is 2.35 bits per heavy atom. The number of hydrogen-bond acceptors (Lipinski definition) is 4. The molecule has 0 aliphatic carbocycles. The lowest BCUT2D eigenvalue weighted by atomic mass is 9.84. The first-order valence-electron chi connectivity index (χ1n) is 8.48. The second-order valence-corrected chi connectivity index (χ2v) is 6.23. The van der Waals surface area contributed by atoms with E-state index in [2.05, 4.69) is 31.1 Å². The summed E-state index contributed by atoms with van der Waals surface area (Å²) >= 11 is 0. The molecule has 0 bridgehead atoms. The van der Waals surface area contributed by atoms with E-state index in [-0.39, 0.29) is 5.54 Å². The van der Waals surface area contributed by atoms with Gasteiger partial charge in [-0.3, -0.25) is 16.2 Å². The first-order chi connectivity index (χ1) is 9.69. The molecule has 1 fully saturated rings. The Bertz CT molecular complexity index is 244. The molecule has 3 N–H and O–H groups in total. The number of morpholine rings is 1. The smallest absolute Gasteiger partial charge is 0.0594 e. The van der Waals surface area contributed by atoms with Gasteiger partial charge in [0, 0.05) is 24.7 Å². The van der Waals surface area contributed by atoms with Crippen molar-refractivity contribution in [3.8, 4) is 0 Å². The summed E-state index contributed by atoms with van der Waals surface area (Å²) in [5, 5.41) is 0. The Morgan fingerprint density at radius 1 is 1.15 bits per heavy atom. The van der Waals surface area contributed by atoms with Gasteiger partial charge in [0.05, 0.1) is 13.2 Å². The zero-order chi connectivity index (χ0) is 14.8. The van der Waals surface area contributed by atoms with Gasteiger partial charge < -0.3 is 4.74 Å². The number of hydrazine groups is 1. The van der Waals surface area contributed by atoms with Crippen LogP contribution < -0.4 is 11.3 Å². The van der Waals surface area contributed by atoms with Crippen molar-refractivity contribution in [1.82, 2.24) is 10.3 Å². The highest BCUT2D eigenvalue weighted by atomic mass is 16.5. The summed E-state index contributed by atoms with van der Waals surface area (Å²) in [6, 6.07) is 0.368. The van der Waals surface area contributed by atoms with E-state index in [9.17, 15) is 0 Å². The molecule has 0 radical (unpaired) electrons. The van der Waals surface area contributed by atoms with Crippen molar-refractivity contribution in [2.24, 2.45) is 5.84 Å². The van der Waals surface area contributed by atoms with Gasteiger partial charge in [-0.2, -0.15) is 0 Å². The standard InChI is InChI=1S/C16H35N3O/c1-4-6-7-8-9-10-15(18-17)16(3,5-2)19-11-13-20-14-12-19/h15,18H,4-14,17H2,1-3H3. The van der Waals surface area contributed by atoms with Crippen LogP contribution in [0.4, 0.5) is 0 Å². The van der Waals surface area contributed by atoms with Crippen LogP contribution in [0.3, 0.4) is 0 Å². The fourth-order valence-electron chi connectivity index (χ4n) is 3.29. The molecule has 120 valence electrons. The molecule has 0 aromatic heterocycles. The molecule has 0 aromatic rings. The van der Waals surface area contributed by atoms with E-state index in [0.29, 0.717) is 6.04 Å². The molecule has 1 aliphatic heterocycles. The molecule has 1 heterocycles. The first-order valence-corrected chi connectivity index (χ1v) is 8.48. The van der Waals surface area contributed by atoms with Crippen LogP contribution in [-0.2, 0) is 4.74 Å². The normalized spacial score (nSPS) is 21.6. The number of hydrogen-bond donors (Lipinski definition) is 2. The maximum Gasteiger partial charge on any atom is 0.0594 e. The van der Waals surface area contributed by atoms with Crippen molar-refractivity contribution in [2.45, 2.75) is 77.3 Å². The third kappa shape index (κ3) is 4.99. The fraction of sp³-hybridized carbons (Fsp3) is 1.00.